The highest BCUT2D eigenvalue weighted by Gasteiger charge is 2.25. The van der Waals surface area contributed by atoms with E-state index in [4.69, 9.17) is 14.7 Å². The molecule has 0 spiro atoms. The van der Waals surface area contributed by atoms with Gasteiger partial charge in [0.25, 0.3) is 0 Å². The van der Waals surface area contributed by atoms with Crippen LogP contribution in [0.5, 0.6) is 5.75 Å². The summed E-state index contributed by atoms with van der Waals surface area (Å²) in [5.41, 5.74) is 1.77. The van der Waals surface area contributed by atoms with E-state index in [1.807, 2.05) is 67.6 Å². The second kappa shape index (κ2) is 11.3. The Bertz CT molecular complexity index is 849. The van der Waals surface area contributed by atoms with Crippen LogP contribution in [0.1, 0.15) is 30.4 Å². The van der Waals surface area contributed by atoms with Crippen molar-refractivity contribution in [3.8, 4) is 11.8 Å². The topological polar surface area (TPSA) is 100 Å². The Morgan fingerprint density at radius 3 is 2.48 bits per heavy atom. The van der Waals surface area contributed by atoms with E-state index in [9.17, 15) is 9.59 Å². The van der Waals surface area contributed by atoms with Crippen LogP contribution in [0.3, 0.4) is 0 Å². The van der Waals surface area contributed by atoms with Crippen LogP contribution in [0, 0.1) is 11.3 Å². The molecule has 0 radical (unpaired) electrons. The number of amides is 2. The molecule has 2 aromatic rings. The number of alkyl carbamates (subject to hydrolysis) is 1. The maximum Gasteiger partial charge on any atom is 0.408 e. The number of para-hydroxylation sites is 1. The molecule has 152 valence electrons. The monoisotopic (exact) mass is 395 g/mol. The number of nitrogens with zero attached hydrogens (tertiary/aromatic N) is 1. The molecule has 0 aliphatic heterocycles. The molecule has 2 atom stereocenters. The molecular weight excluding hydrogens is 370 g/mol. The Morgan fingerprint density at radius 2 is 1.79 bits per heavy atom. The summed E-state index contributed by atoms with van der Waals surface area (Å²) in [5, 5.41) is 13.8. The lowest BCUT2D eigenvalue weighted by Crippen LogP contribution is -2.47. The van der Waals surface area contributed by atoms with Gasteiger partial charge in [0.05, 0.1) is 13.2 Å². The highest BCUT2D eigenvalue weighted by atomic mass is 16.5. The largest absolute Gasteiger partial charge is 0.496 e. The molecule has 0 saturated heterocycles. The summed E-state index contributed by atoms with van der Waals surface area (Å²) >= 11 is 0. The summed E-state index contributed by atoms with van der Waals surface area (Å²) in [6.45, 7) is 1.90. The Balaban J connectivity index is 2.04. The normalized spacial score (nSPS) is 12.2. The van der Waals surface area contributed by atoms with Crippen molar-refractivity contribution in [2.45, 2.75) is 31.9 Å². The van der Waals surface area contributed by atoms with E-state index in [0.717, 1.165) is 11.1 Å². The third-order valence-corrected chi connectivity index (χ3v) is 4.42. The minimum Gasteiger partial charge on any atom is -0.496 e. The second-order valence-corrected chi connectivity index (χ2v) is 6.51. The third-order valence-electron chi connectivity index (χ3n) is 4.42. The van der Waals surface area contributed by atoms with Gasteiger partial charge in [0.15, 0.2) is 0 Å². The van der Waals surface area contributed by atoms with Gasteiger partial charge >= 0.3 is 6.09 Å². The predicted octanol–water partition coefficient (Wildman–Crippen LogP) is 3.12. The average Bonchev–Trinajstić information content (AvgIpc) is 2.76. The van der Waals surface area contributed by atoms with E-state index in [2.05, 4.69) is 10.6 Å². The van der Waals surface area contributed by atoms with E-state index >= 15 is 0 Å². The van der Waals surface area contributed by atoms with Gasteiger partial charge in [-0.15, -0.1) is 0 Å². The molecule has 7 heteroatoms. The van der Waals surface area contributed by atoms with Crippen LogP contribution in [-0.4, -0.2) is 31.7 Å². The number of hydrogen-bond donors (Lipinski definition) is 2. The third kappa shape index (κ3) is 6.85. The zero-order chi connectivity index (χ0) is 21.1. The van der Waals surface area contributed by atoms with Crippen LogP contribution in [0.25, 0.3) is 0 Å². The predicted molar refractivity (Wildman–Crippen MR) is 108 cm³/mol. The summed E-state index contributed by atoms with van der Waals surface area (Å²) in [7, 11) is 1.59. The van der Waals surface area contributed by atoms with Crippen LogP contribution < -0.4 is 15.4 Å². The number of carbonyl (C=O) groups excluding carboxylic acids is 2. The van der Waals surface area contributed by atoms with Crippen LogP contribution in [-0.2, 0) is 16.1 Å². The van der Waals surface area contributed by atoms with Crippen molar-refractivity contribution in [1.29, 1.82) is 5.26 Å². The molecule has 0 aliphatic rings. The molecule has 2 rings (SSSR count). The van der Waals surface area contributed by atoms with Crippen LogP contribution >= 0.6 is 0 Å². The molecule has 2 aromatic carbocycles. The fraction of sp³-hybridized carbons (Fsp3) is 0.318. The fourth-order valence-corrected chi connectivity index (χ4v) is 2.94. The van der Waals surface area contributed by atoms with Gasteiger partial charge < -0.3 is 20.1 Å². The quantitative estimate of drug-likeness (QED) is 0.636. The average molecular weight is 395 g/mol. The first kappa shape index (κ1) is 21.8. The van der Waals surface area contributed by atoms with Crippen LogP contribution in [0.2, 0.25) is 0 Å². The first-order valence-corrected chi connectivity index (χ1v) is 9.30. The first-order chi connectivity index (χ1) is 14.0. The molecule has 7 nitrogen and oxygen atoms in total. The van der Waals surface area contributed by atoms with Crippen molar-refractivity contribution < 1.29 is 19.1 Å². The molecule has 0 bridgehead atoms. The Morgan fingerprint density at radius 1 is 1.10 bits per heavy atom. The molecular formula is C22H25N3O4. The Hall–Kier alpha value is -3.53. The highest BCUT2D eigenvalue weighted by Crippen LogP contribution is 2.29. The molecule has 0 heterocycles. The molecule has 0 saturated carbocycles. The summed E-state index contributed by atoms with van der Waals surface area (Å²) in [4.78, 5) is 24.7. The Kier molecular flexibility index (Phi) is 8.51. The van der Waals surface area contributed by atoms with Gasteiger partial charge in [0.1, 0.15) is 24.9 Å². The van der Waals surface area contributed by atoms with Gasteiger partial charge in [0, 0.05) is 0 Å². The number of hydrogen-bond acceptors (Lipinski definition) is 5. The summed E-state index contributed by atoms with van der Waals surface area (Å²) in [5.74, 6) is 0.186. The molecule has 2 amide bonds. The molecule has 2 N–H and O–H groups in total. The van der Waals surface area contributed by atoms with Crippen molar-refractivity contribution in [3.05, 3.63) is 65.7 Å². The van der Waals surface area contributed by atoms with Gasteiger partial charge in [-0.3, -0.25) is 4.79 Å². The lowest BCUT2D eigenvalue weighted by Gasteiger charge is -2.22. The van der Waals surface area contributed by atoms with Gasteiger partial charge in [-0.05, 0) is 29.5 Å². The molecule has 0 aliphatic carbocycles. The number of nitriles is 1. The lowest BCUT2D eigenvalue weighted by atomic mass is 9.92. The van der Waals surface area contributed by atoms with Crippen molar-refractivity contribution in [3.63, 3.8) is 0 Å². The van der Waals surface area contributed by atoms with Crippen molar-refractivity contribution in [2.75, 3.05) is 13.7 Å². The van der Waals surface area contributed by atoms with E-state index in [-0.39, 0.29) is 19.1 Å². The lowest BCUT2D eigenvalue weighted by molar-refractivity contribution is -0.123. The maximum atomic E-state index is 12.5. The summed E-state index contributed by atoms with van der Waals surface area (Å²) < 4.78 is 10.6. The Labute approximate surface area is 170 Å². The fourth-order valence-electron chi connectivity index (χ4n) is 2.94. The smallest absolute Gasteiger partial charge is 0.408 e. The SMILES string of the molecule is COc1ccccc1C(C)CC(NC(=O)OCc1ccccc1)C(=O)NCC#N. The first-order valence-electron chi connectivity index (χ1n) is 9.30. The minimum atomic E-state index is -0.855. The van der Waals surface area contributed by atoms with Crippen molar-refractivity contribution in [2.24, 2.45) is 0 Å². The maximum absolute atomic E-state index is 12.5. The minimum absolute atomic E-state index is 0.0848. The van der Waals surface area contributed by atoms with Gasteiger partial charge in [-0.2, -0.15) is 5.26 Å². The molecule has 0 aromatic heterocycles. The van der Waals surface area contributed by atoms with Gasteiger partial charge in [-0.1, -0.05) is 55.5 Å². The van der Waals surface area contributed by atoms with Crippen LogP contribution in [0.4, 0.5) is 4.79 Å². The number of nitrogens with one attached hydrogen (secondary N) is 2. The van der Waals surface area contributed by atoms with Crippen molar-refractivity contribution in [1.82, 2.24) is 10.6 Å². The number of carbonyl (C=O) groups is 2. The molecule has 2 unspecified atom stereocenters. The highest BCUT2D eigenvalue weighted by molar-refractivity contribution is 5.85. The van der Waals surface area contributed by atoms with Crippen molar-refractivity contribution >= 4 is 12.0 Å². The van der Waals surface area contributed by atoms with E-state index < -0.39 is 18.0 Å². The summed E-state index contributed by atoms with van der Waals surface area (Å²) in [6.07, 6.45) is -0.379. The zero-order valence-corrected chi connectivity index (χ0v) is 16.6. The summed E-state index contributed by atoms with van der Waals surface area (Å²) in [6, 6.07) is 17.8. The van der Waals surface area contributed by atoms with E-state index in [0.29, 0.717) is 12.2 Å². The number of benzene rings is 2. The van der Waals surface area contributed by atoms with E-state index in [1.54, 1.807) is 7.11 Å². The number of rotatable bonds is 9. The standard InChI is InChI=1S/C22H25N3O4/c1-16(18-10-6-7-11-20(18)28-2)14-19(21(26)24-13-12-23)25-22(27)29-15-17-8-4-3-5-9-17/h3-11,16,19H,13-15H2,1-2H3,(H,24,26)(H,25,27). The molecule has 0 fully saturated rings. The van der Waals surface area contributed by atoms with Gasteiger partial charge in [-0.25, -0.2) is 4.79 Å². The zero-order valence-electron chi connectivity index (χ0n) is 16.6. The second-order valence-electron chi connectivity index (χ2n) is 6.51. The number of methoxy groups -OCH3 is 1. The number of ether oxygens (including phenoxy) is 2. The van der Waals surface area contributed by atoms with Crippen LogP contribution in [0.15, 0.2) is 54.6 Å². The molecule has 29 heavy (non-hydrogen) atoms. The van der Waals surface area contributed by atoms with E-state index in [1.165, 1.54) is 0 Å². The van der Waals surface area contributed by atoms with Gasteiger partial charge in [0.2, 0.25) is 5.91 Å².